The lowest BCUT2D eigenvalue weighted by molar-refractivity contribution is 0.0156. The number of alkyl halides is 1. The van der Waals surface area contributed by atoms with Crippen LogP contribution in [-0.2, 0) is 5.54 Å². The molecule has 5 nitrogen and oxygen atoms in total. The first kappa shape index (κ1) is 22.1. The highest BCUT2D eigenvalue weighted by Crippen LogP contribution is 2.51. The number of carbonyl (C=O) groups is 1. The normalized spacial score (nSPS) is 30.2. The summed E-state index contributed by atoms with van der Waals surface area (Å²) in [7, 11) is 4.26. The molecule has 3 aliphatic rings. The Morgan fingerprint density at radius 2 is 1.71 bits per heavy atom. The molecule has 2 aliphatic carbocycles. The quantitative estimate of drug-likeness (QED) is 0.671. The maximum absolute atomic E-state index is 14.9. The highest BCUT2D eigenvalue weighted by Gasteiger charge is 2.58. The van der Waals surface area contributed by atoms with Crippen LogP contribution < -0.4 is 0 Å². The summed E-state index contributed by atoms with van der Waals surface area (Å²) in [4.78, 5) is 19.4. The summed E-state index contributed by atoms with van der Waals surface area (Å²) >= 11 is 0. The smallest absolute Gasteiger partial charge is 0.320 e. The number of hydrogen-bond donors (Lipinski definition) is 0. The molecule has 1 aliphatic heterocycles. The monoisotopic (exact) mass is 426 g/mol. The Hall–Kier alpha value is -2.13. The second-order valence-electron chi connectivity index (χ2n) is 10.9. The van der Waals surface area contributed by atoms with Gasteiger partial charge in [-0.05, 0) is 72.0 Å². The Bertz CT molecular complexity index is 863. The van der Waals surface area contributed by atoms with Crippen LogP contribution >= 0.6 is 0 Å². The van der Waals surface area contributed by atoms with Crippen LogP contribution in [0.25, 0.3) is 0 Å². The second-order valence-corrected chi connectivity index (χ2v) is 10.9. The molecule has 0 radical (unpaired) electrons. The van der Waals surface area contributed by atoms with Gasteiger partial charge in [0.25, 0.3) is 0 Å². The summed E-state index contributed by atoms with van der Waals surface area (Å²) in [5.41, 5.74) is -0.964. The molecule has 1 heterocycles. The van der Waals surface area contributed by atoms with Crippen LogP contribution in [0.1, 0.15) is 57.9 Å². The third-order valence-electron chi connectivity index (χ3n) is 7.86. The minimum absolute atomic E-state index is 0.0758. The Kier molecular flexibility index (Phi) is 5.33. The minimum atomic E-state index is -1.22. The molecule has 0 atom stereocenters. The van der Waals surface area contributed by atoms with E-state index in [1.54, 1.807) is 4.90 Å². The molecule has 1 spiro atoms. The third kappa shape index (κ3) is 3.93. The summed E-state index contributed by atoms with van der Waals surface area (Å²) in [6, 6.07) is 12.8. The largest absolute Gasteiger partial charge is 0.321 e. The summed E-state index contributed by atoms with van der Waals surface area (Å²) in [5.74, 6) is 0. The fraction of sp³-hybridized carbons (Fsp3) is 0.680. The van der Waals surface area contributed by atoms with Crippen molar-refractivity contribution in [2.24, 2.45) is 5.41 Å². The van der Waals surface area contributed by atoms with Crippen molar-refractivity contribution in [2.45, 2.75) is 69.1 Å². The van der Waals surface area contributed by atoms with E-state index >= 15 is 0 Å². The molecule has 4 rings (SSSR count). The van der Waals surface area contributed by atoms with Gasteiger partial charge in [0.1, 0.15) is 5.67 Å². The standard InChI is InChI=1S/C25H35FN4O/c1-22(2,16-27)17-29-19-24(30(21(29)31)18-23(26)10-11-23)12-14-25(15-13-24,28(3)4)20-8-6-5-7-9-20/h5-9H,10-15,17-19H2,1-4H3/t24-,25+. The number of benzene rings is 1. The van der Waals surface area contributed by atoms with Gasteiger partial charge in [0.05, 0.1) is 23.6 Å². The molecule has 168 valence electrons. The maximum atomic E-state index is 14.9. The molecule has 0 bridgehead atoms. The van der Waals surface area contributed by atoms with Gasteiger partial charge in [-0.2, -0.15) is 5.26 Å². The van der Waals surface area contributed by atoms with E-state index in [4.69, 9.17) is 0 Å². The Labute approximate surface area is 185 Å². The lowest BCUT2D eigenvalue weighted by atomic mass is 9.68. The van der Waals surface area contributed by atoms with Crippen molar-refractivity contribution < 1.29 is 9.18 Å². The van der Waals surface area contributed by atoms with Gasteiger partial charge in [0, 0.05) is 18.6 Å². The van der Waals surface area contributed by atoms with Gasteiger partial charge in [-0.1, -0.05) is 30.3 Å². The van der Waals surface area contributed by atoms with E-state index in [0.717, 1.165) is 25.7 Å². The van der Waals surface area contributed by atoms with E-state index in [1.165, 1.54) is 5.56 Å². The zero-order valence-corrected chi connectivity index (χ0v) is 19.3. The van der Waals surface area contributed by atoms with E-state index in [0.29, 0.717) is 25.9 Å². The van der Waals surface area contributed by atoms with Gasteiger partial charge in [-0.3, -0.25) is 4.90 Å². The molecule has 0 aromatic heterocycles. The fourth-order valence-corrected chi connectivity index (χ4v) is 5.63. The van der Waals surface area contributed by atoms with Crippen LogP contribution in [-0.4, -0.2) is 65.7 Å². The van der Waals surface area contributed by atoms with Gasteiger partial charge in [0.2, 0.25) is 0 Å². The highest BCUT2D eigenvalue weighted by atomic mass is 19.1. The van der Waals surface area contributed by atoms with Crippen molar-refractivity contribution in [3.05, 3.63) is 35.9 Å². The molecule has 1 saturated heterocycles. The first-order valence-corrected chi connectivity index (χ1v) is 11.4. The minimum Gasteiger partial charge on any atom is -0.321 e. The van der Waals surface area contributed by atoms with E-state index in [9.17, 15) is 14.4 Å². The predicted octanol–water partition coefficient (Wildman–Crippen LogP) is 4.55. The van der Waals surface area contributed by atoms with E-state index in [2.05, 4.69) is 49.3 Å². The topological polar surface area (TPSA) is 50.6 Å². The van der Waals surface area contributed by atoms with Gasteiger partial charge in [-0.25, -0.2) is 9.18 Å². The lowest BCUT2D eigenvalue weighted by Gasteiger charge is -2.51. The Morgan fingerprint density at radius 3 is 2.23 bits per heavy atom. The van der Waals surface area contributed by atoms with Crippen molar-refractivity contribution >= 4 is 6.03 Å². The number of urea groups is 1. The van der Waals surface area contributed by atoms with Crippen LogP contribution in [0.3, 0.4) is 0 Å². The number of rotatable bonds is 6. The molecule has 2 amide bonds. The first-order chi connectivity index (χ1) is 14.5. The van der Waals surface area contributed by atoms with Crippen molar-refractivity contribution in [2.75, 3.05) is 33.7 Å². The second kappa shape index (κ2) is 7.48. The number of carbonyl (C=O) groups excluding carboxylic acids is 1. The van der Waals surface area contributed by atoms with Gasteiger partial charge in [-0.15, -0.1) is 0 Å². The fourth-order valence-electron chi connectivity index (χ4n) is 5.63. The summed E-state index contributed by atoms with van der Waals surface area (Å²) in [6.07, 6.45) is 4.60. The summed E-state index contributed by atoms with van der Waals surface area (Å²) in [5, 5.41) is 9.49. The average Bonchev–Trinajstić information content (AvgIpc) is 3.44. The molecule has 1 aromatic rings. The lowest BCUT2D eigenvalue weighted by Crippen LogP contribution is -2.56. The van der Waals surface area contributed by atoms with Crippen molar-refractivity contribution in [3.63, 3.8) is 0 Å². The number of hydrogen-bond acceptors (Lipinski definition) is 3. The molecular formula is C25H35FN4O. The van der Waals surface area contributed by atoms with Crippen molar-refractivity contribution in [1.82, 2.24) is 14.7 Å². The molecule has 2 saturated carbocycles. The van der Waals surface area contributed by atoms with E-state index in [-0.39, 0.29) is 23.7 Å². The highest BCUT2D eigenvalue weighted by molar-refractivity contribution is 5.78. The summed E-state index contributed by atoms with van der Waals surface area (Å²) in [6.45, 7) is 4.89. The Balaban J connectivity index is 1.61. The summed E-state index contributed by atoms with van der Waals surface area (Å²) < 4.78 is 14.9. The zero-order valence-electron chi connectivity index (χ0n) is 19.3. The SMILES string of the molecule is CN(C)[C@]1(c2ccccc2)CC[C@]2(CC1)CN(CC(C)(C)C#N)C(=O)N2CC1(F)CC1. The molecule has 1 aromatic carbocycles. The molecular weight excluding hydrogens is 391 g/mol. The van der Waals surface area contributed by atoms with Gasteiger partial charge < -0.3 is 9.80 Å². The molecule has 3 fully saturated rings. The van der Waals surface area contributed by atoms with Crippen LogP contribution in [0.15, 0.2) is 30.3 Å². The van der Waals surface area contributed by atoms with Crippen molar-refractivity contribution in [3.8, 4) is 6.07 Å². The number of nitriles is 1. The Morgan fingerprint density at radius 1 is 1.10 bits per heavy atom. The number of halogens is 1. The molecule has 0 N–H and O–H groups in total. The number of amides is 2. The van der Waals surface area contributed by atoms with Crippen LogP contribution in [0.5, 0.6) is 0 Å². The molecule has 31 heavy (non-hydrogen) atoms. The van der Waals surface area contributed by atoms with E-state index < -0.39 is 11.1 Å². The number of nitrogens with zero attached hydrogens (tertiary/aromatic N) is 4. The average molecular weight is 427 g/mol. The predicted molar refractivity (Wildman–Crippen MR) is 119 cm³/mol. The molecule has 0 unspecified atom stereocenters. The van der Waals surface area contributed by atoms with Crippen LogP contribution in [0.2, 0.25) is 0 Å². The van der Waals surface area contributed by atoms with Crippen molar-refractivity contribution in [1.29, 1.82) is 5.26 Å². The zero-order chi connectivity index (χ0) is 22.5. The van der Waals surface area contributed by atoms with Crippen LogP contribution in [0, 0.1) is 16.7 Å². The first-order valence-electron chi connectivity index (χ1n) is 11.4. The van der Waals surface area contributed by atoms with Gasteiger partial charge in [0.15, 0.2) is 0 Å². The van der Waals surface area contributed by atoms with Crippen LogP contribution in [0.4, 0.5) is 9.18 Å². The molecule has 6 heteroatoms. The van der Waals surface area contributed by atoms with E-state index in [1.807, 2.05) is 24.8 Å². The van der Waals surface area contributed by atoms with Gasteiger partial charge >= 0.3 is 6.03 Å². The maximum Gasteiger partial charge on any atom is 0.320 e. The third-order valence-corrected chi connectivity index (χ3v) is 7.86.